The SMILES string of the molecule is O=C(N/C=C(/c1ccccc1)[S@](=O)Cc1ccccc1)Nc1ccccc1Cl. The maximum atomic E-state index is 13.0. The largest absolute Gasteiger partial charge is 0.323 e. The minimum Gasteiger partial charge on any atom is -0.313 e. The van der Waals surface area contributed by atoms with E-state index >= 15 is 0 Å². The molecule has 1 atom stereocenters. The molecule has 0 heterocycles. The second kappa shape index (κ2) is 9.88. The number of nitrogens with one attached hydrogen (secondary N) is 2. The summed E-state index contributed by atoms with van der Waals surface area (Å²) < 4.78 is 13.0. The molecule has 0 fully saturated rings. The zero-order chi connectivity index (χ0) is 19.8. The summed E-state index contributed by atoms with van der Waals surface area (Å²) in [5.41, 5.74) is 2.25. The van der Waals surface area contributed by atoms with E-state index in [0.717, 1.165) is 11.1 Å². The smallest absolute Gasteiger partial charge is 0.313 e. The van der Waals surface area contributed by atoms with Crippen LogP contribution in [0, 0.1) is 0 Å². The third-order valence-corrected chi connectivity index (χ3v) is 5.67. The summed E-state index contributed by atoms with van der Waals surface area (Å²) in [6.07, 6.45) is 1.49. The molecule has 2 N–H and O–H groups in total. The molecule has 0 aliphatic rings. The lowest BCUT2D eigenvalue weighted by Gasteiger charge is -2.10. The zero-order valence-corrected chi connectivity index (χ0v) is 16.5. The van der Waals surface area contributed by atoms with Crippen LogP contribution in [0.25, 0.3) is 4.91 Å². The maximum Gasteiger partial charge on any atom is 0.323 e. The van der Waals surface area contributed by atoms with Crippen molar-refractivity contribution in [2.45, 2.75) is 5.75 Å². The average Bonchev–Trinajstić information content (AvgIpc) is 2.71. The zero-order valence-electron chi connectivity index (χ0n) is 15.0. The van der Waals surface area contributed by atoms with E-state index in [2.05, 4.69) is 10.6 Å². The molecule has 0 radical (unpaired) electrons. The van der Waals surface area contributed by atoms with Gasteiger partial charge in [-0.25, -0.2) is 4.79 Å². The Morgan fingerprint density at radius 1 is 0.893 bits per heavy atom. The fourth-order valence-electron chi connectivity index (χ4n) is 2.54. The number of para-hydroxylation sites is 1. The highest BCUT2D eigenvalue weighted by molar-refractivity contribution is 7.93. The molecule has 3 aromatic carbocycles. The van der Waals surface area contributed by atoms with Crippen molar-refractivity contribution in [2.75, 3.05) is 5.32 Å². The predicted molar refractivity (Wildman–Crippen MR) is 116 cm³/mol. The molecular weight excluding hydrogens is 392 g/mol. The van der Waals surface area contributed by atoms with E-state index in [0.29, 0.717) is 21.4 Å². The third kappa shape index (κ3) is 5.55. The Balaban J connectivity index is 1.77. The molecule has 0 saturated carbocycles. The van der Waals surface area contributed by atoms with Crippen molar-refractivity contribution >= 4 is 39.0 Å². The Labute approximate surface area is 171 Å². The minimum absolute atomic E-state index is 0.357. The highest BCUT2D eigenvalue weighted by Crippen LogP contribution is 2.22. The van der Waals surface area contributed by atoms with Gasteiger partial charge in [0.15, 0.2) is 0 Å². The Morgan fingerprint density at radius 2 is 1.50 bits per heavy atom. The van der Waals surface area contributed by atoms with Crippen LogP contribution in [0.3, 0.4) is 0 Å². The van der Waals surface area contributed by atoms with Crippen molar-refractivity contribution in [3.8, 4) is 0 Å². The van der Waals surface area contributed by atoms with Gasteiger partial charge in [0.2, 0.25) is 0 Å². The van der Waals surface area contributed by atoms with Crippen LogP contribution in [-0.4, -0.2) is 10.2 Å². The van der Waals surface area contributed by atoms with Crippen LogP contribution in [-0.2, 0) is 16.6 Å². The standard InChI is InChI=1S/C22H19ClN2O2S/c23-19-13-7-8-14-20(19)25-22(26)24-15-21(18-11-5-2-6-12-18)28(27)16-17-9-3-1-4-10-17/h1-15H,16H2,(H2,24,25,26)/b21-15-/t28-/m1/s1. The number of hydrogen-bond acceptors (Lipinski definition) is 2. The van der Waals surface area contributed by atoms with Crippen molar-refractivity contribution in [3.05, 3.63) is 107 Å². The van der Waals surface area contributed by atoms with E-state index in [1.54, 1.807) is 24.3 Å². The molecule has 0 saturated heterocycles. The molecule has 3 rings (SSSR count). The highest BCUT2D eigenvalue weighted by atomic mass is 35.5. The quantitative estimate of drug-likeness (QED) is 0.570. The van der Waals surface area contributed by atoms with Gasteiger partial charge >= 0.3 is 6.03 Å². The fraction of sp³-hybridized carbons (Fsp3) is 0.0455. The fourth-order valence-corrected chi connectivity index (χ4v) is 3.96. The highest BCUT2D eigenvalue weighted by Gasteiger charge is 2.12. The summed E-state index contributed by atoms with van der Waals surface area (Å²) in [6, 6.07) is 25.4. The molecule has 0 spiro atoms. The van der Waals surface area contributed by atoms with E-state index < -0.39 is 16.8 Å². The lowest BCUT2D eigenvalue weighted by molar-refractivity contribution is 0.255. The maximum absolute atomic E-state index is 13.0. The normalized spacial score (nSPS) is 12.2. The van der Waals surface area contributed by atoms with Crippen LogP contribution >= 0.6 is 11.6 Å². The first-order valence-electron chi connectivity index (χ1n) is 8.63. The van der Waals surface area contributed by atoms with Gasteiger partial charge in [0.1, 0.15) is 0 Å². The number of urea groups is 1. The van der Waals surface area contributed by atoms with E-state index in [9.17, 15) is 9.00 Å². The number of rotatable bonds is 6. The first-order valence-corrected chi connectivity index (χ1v) is 10.3. The summed E-state index contributed by atoms with van der Waals surface area (Å²) in [5, 5.41) is 5.78. The number of benzene rings is 3. The van der Waals surface area contributed by atoms with E-state index in [1.165, 1.54) is 6.20 Å². The number of hydrogen-bond donors (Lipinski definition) is 2. The summed E-state index contributed by atoms with van der Waals surface area (Å²) in [5.74, 6) is 0.357. The lowest BCUT2D eigenvalue weighted by atomic mass is 10.2. The second-order valence-corrected chi connectivity index (χ2v) is 7.76. The van der Waals surface area contributed by atoms with Crippen molar-refractivity contribution in [2.24, 2.45) is 0 Å². The van der Waals surface area contributed by atoms with Crippen LogP contribution in [0.2, 0.25) is 5.02 Å². The monoisotopic (exact) mass is 410 g/mol. The molecule has 4 nitrogen and oxygen atoms in total. The first kappa shape index (κ1) is 19.9. The number of amides is 2. The Kier molecular flexibility index (Phi) is 7.00. The number of carbonyl (C=O) groups excluding carboxylic acids is 1. The summed E-state index contributed by atoms with van der Waals surface area (Å²) in [6.45, 7) is 0. The van der Waals surface area contributed by atoms with Gasteiger partial charge in [-0.2, -0.15) is 0 Å². The van der Waals surface area contributed by atoms with Crippen molar-refractivity contribution < 1.29 is 9.00 Å². The molecule has 142 valence electrons. The molecule has 0 unspecified atom stereocenters. The van der Waals surface area contributed by atoms with Gasteiger partial charge in [0.05, 0.1) is 32.2 Å². The molecule has 0 aliphatic heterocycles. The Hall–Kier alpha value is -2.89. The van der Waals surface area contributed by atoms with Crippen LogP contribution in [0.15, 0.2) is 91.1 Å². The summed E-state index contributed by atoms with van der Waals surface area (Å²) >= 11 is 6.06. The molecule has 0 bridgehead atoms. The second-order valence-electron chi connectivity index (χ2n) is 5.93. The summed E-state index contributed by atoms with van der Waals surface area (Å²) in [4.78, 5) is 12.8. The van der Waals surface area contributed by atoms with E-state index in [4.69, 9.17) is 11.6 Å². The molecule has 0 aliphatic carbocycles. The number of anilines is 1. The van der Waals surface area contributed by atoms with Crippen molar-refractivity contribution in [1.82, 2.24) is 5.32 Å². The first-order chi connectivity index (χ1) is 13.6. The van der Waals surface area contributed by atoms with Gasteiger partial charge in [0.25, 0.3) is 0 Å². The molecule has 6 heteroatoms. The lowest BCUT2D eigenvalue weighted by Crippen LogP contribution is -2.24. The van der Waals surface area contributed by atoms with Gasteiger partial charge in [-0.3, -0.25) is 4.21 Å². The van der Waals surface area contributed by atoms with Gasteiger partial charge in [-0.1, -0.05) is 84.4 Å². The van der Waals surface area contributed by atoms with Crippen LogP contribution in [0.1, 0.15) is 11.1 Å². The van der Waals surface area contributed by atoms with Crippen LogP contribution in [0.5, 0.6) is 0 Å². The summed E-state index contributed by atoms with van der Waals surface area (Å²) in [7, 11) is -1.33. The molecule has 2 amide bonds. The van der Waals surface area contributed by atoms with Crippen molar-refractivity contribution in [1.29, 1.82) is 0 Å². The van der Waals surface area contributed by atoms with Gasteiger partial charge in [-0.15, -0.1) is 0 Å². The van der Waals surface area contributed by atoms with Gasteiger partial charge in [0, 0.05) is 6.20 Å². The molecule has 28 heavy (non-hydrogen) atoms. The van der Waals surface area contributed by atoms with E-state index in [1.807, 2.05) is 60.7 Å². The Bertz CT molecular complexity index is 992. The number of halogens is 1. The predicted octanol–water partition coefficient (Wildman–Crippen LogP) is 5.41. The Morgan fingerprint density at radius 3 is 2.18 bits per heavy atom. The average molecular weight is 411 g/mol. The van der Waals surface area contributed by atoms with Gasteiger partial charge < -0.3 is 10.6 Å². The van der Waals surface area contributed by atoms with Crippen LogP contribution in [0.4, 0.5) is 10.5 Å². The topological polar surface area (TPSA) is 58.2 Å². The third-order valence-electron chi connectivity index (χ3n) is 3.90. The van der Waals surface area contributed by atoms with Crippen molar-refractivity contribution in [3.63, 3.8) is 0 Å². The van der Waals surface area contributed by atoms with E-state index in [-0.39, 0.29) is 0 Å². The minimum atomic E-state index is -1.33. The van der Waals surface area contributed by atoms with Gasteiger partial charge in [-0.05, 0) is 23.3 Å². The number of carbonyl (C=O) groups is 1. The molecule has 0 aromatic heterocycles. The molecule has 3 aromatic rings. The molecular formula is C22H19ClN2O2S. The van der Waals surface area contributed by atoms with Crippen LogP contribution < -0.4 is 10.6 Å².